The van der Waals surface area contributed by atoms with E-state index in [4.69, 9.17) is 14.8 Å². The van der Waals surface area contributed by atoms with Crippen molar-refractivity contribution in [1.82, 2.24) is 10.3 Å². The zero-order valence-corrected chi connectivity index (χ0v) is 18.5. The molecule has 2 aliphatic heterocycles. The zero-order chi connectivity index (χ0) is 22.0. The molecule has 0 saturated heterocycles. The summed E-state index contributed by atoms with van der Waals surface area (Å²) < 4.78 is 6.04. The van der Waals surface area contributed by atoms with Crippen molar-refractivity contribution in [3.63, 3.8) is 0 Å². The van der Waals surface area contributed by atoms with Crippen molar-refractivity contribution in [3.05, 3.63) is 75.7 Å². The minimum Gasteiger partial charge on any atom is -0.482 e. The van der Waals surface area contributed by atoms with Gasteiger partial charge in [0.1, 0.15) is 11.4 Å². The Balaban J connectivity index is 1.78. The largest absolute Gasteiger partial charge is 0.482 e. The van der Waals surface area contributed by atoms with Crippen LogP contribution < -0.4 is 20.6 Å². The Bertz CT molecular complexity index is 1210. The van der Waals surface area contributed by atoms with Gasteiger partial charge in [0.15, 0.2) is 17.9 Å². The van der Waals surface area contributed by atoms with Crippen molar-refractivity contribution in [3.8, 4) is 5.75 Å². The van der Waals surface area contributed by atoms with Crippen molar-refractivity contribution in [2.24, 2.45) is 10.1 Å². The normalized spacial score (nSPS) is 17.0. The summed E-state index contributed by atoms with van der Waals surface area (Å²) in [6.07, 6.45) is 1.17. The lowest BCUT2D eigenvalue weighted by atomic mass is 10.1. The molecule has 0 fully saturated rings. The first kappa shape index (κ1) is 21.1. The molecule has 31 heavy (non-hydrogen) atoms. The molecule has 2 aromatic rings. The Kier molecular flexibility index (Phi) is 6.10. The SMILES string of the molecule is C=CCSC1=NN2C(=c3cc(Br)ccc3=NC2c2ccc(OCC(=O)O)cc2)C(=O)N1. The molecule has 0 spiro atoms. The molecule has 8 nitrogen and oxygen atoms in total. The van der Waals surface area contributed by atoms with Crippen LogP contribution in [-0.4, -0.2) is 39.5 Å². The number of amides is 1. The highest BCUT2D eigenvalue weighted by atomic mass is 79.9. The van der Waals surface area contributed by atoms with E-state index in [0.29, 0.717) is 32.9 Å². The average molecular weight is 501 g/mol. The van der Waals surface area contributed by atoms with Gasteiger partial charge in [0.2, 0.25) is 0 Å². The van der Waals surface area contributed by atoms with Crippen LogP contribution >= 0.6 is 27.7 Å². The van der Waals surface area contributed by atoms with Crippen LogP contribution in [0.2, 0.25) is 0 Å². The summed E-state index contributed by atoms with van der Waals surface area (Å²) in [5.41, 5.74) is 1.19. The molecule has 2 heterocycles. The molecule has 10 heteroatoms. The maximum absolute atomic E-state index is 13.0. The molecule has 1 atom stereocenters. The Labute approximate surface area is 190 Å². The number of carbonyl (C=O) groups is 2. The highest BCUT2D eigenvalue weighted by Gasteiger charge is 2.34. The fourth-order valence-electron chi connectivity index (χ4n) is 3.15. The van der Waals surface area contributed by atoms with Gasteiger partial charge in [-0.15, -0.1) is 11.7 Å². The standard InChI is InChI=1S/C21H17BrN4O4S/c1-2-9-31-21-24-20(29)18-15-10-13(22)5-8-16(15)23-19(26(18)25-21)12-3-6-14(7-4-12)30-11-17(27)28/h2-8,10,19H,1,9,11H2,(H,27,28)(H,24,25,29). The quantitative estimate of drug-likeness (QED) is 0.587. The average Bonchev–Trinajstić information content (AvgIpc) is 2.76. The fraction of sp³-hybridized carbons (Fsp3) is 0.143. The van der Waals surface area contributed by atoms with Crippen molar-refractivity contribution >= 4 is 50.4 Å². The van der Waals surface area contributed by atoms with Gasteiger partial charge in [-0.25, -0.2) is 9.80 Å². The number of hydrogen-bond acceptors (Lipinski definition) is 7. The van der Waals surface area contributed by atoms with Crippen molar-refractivity contribution in [2.75, 3.05) is 12.4 Å². The maximum atomic E-state index is 13.0. The van der Waals surface area contributed by atoms with E-state index in [0.717, 1.165) is 10.0 Å². The van der Waals surface area contributed by atoms with Crippen LogP contribution in [0.5, 0.6) is 5.75 Å². The molecule has 1 unspecified atom stereocenters. The lowest BCUT2D eigenvalue weighted by molar-refractivity contribution is -0.139. The zero-order valence-electron chi connectivity index (χ0n) is 16.1. The highest BCUT2D eigenvalue weighted by Crippen LogP contribution is 2.31. The second-order valence-corrected chi connectivity index (χ2v) is 8.49. The Morgan fingerprint density at radius 3 is 2.81 bits per heavy atom. The van der Waals surface area contributed by atoms with Crippen LogP contribution in [0, 0.1) is 0 Å². The second-order valence-electron chi connectivity index (χ2n) is 6.57. The number of hydrogen-bond donors (Lipinski definition) is 2. The molecule has 0 aliphatic carbocycles. The lowest BCUT2D eigenvalue weighted by Gasteiger charge is -2.34. The van der Waals surface area contributed by atoms with Crippen molar-refractivity contribution < 1.29 is 19.4 Å². The number of fused-ring (bicyclic) bond motifs is 2. The molecule has 0 saturated carbocycles. The summed E-state index contributed by atoms with van der Waals surface area (Å²) in [6.45, 7) is 3.28. The molecule has 158 valence electrons. The summed E-state index contributed by atoms with van der Waals surface area (Å²) in [6, 6.07) is 12.5. The third-order valence-corrected chi connectivity index (χ3v) is 5.80. The molecular formula is C21H17BrN4O4S. The van der Waals surface area contributed by atoms with Crippen LogP contribution in [0.1, 0.15) is 11.7 Å². The molecule has 2 aromatic carbocycles. The van der Waals surface area contributed by atoms with Gasteiger partial charge in [-0.05, 0) is 35.9 Å². The number of carbonyl (C=O) groups excluding carboxylic acids is 1. The molecular weight excluding hydrogens is 484 g/mol. The maximum Gasteiger partial charge on any atom is 0.341 e. The van der Waals surface area contributed by atoms with Gasteiger partial charge in [0, 0.05) is 15.4 Å². The van der Waals surface area contributed by atoms with Crippen LogP contribution in [0.4, 0.5) is 0 Å². The number of nitrogens with zero attached hydrogens (tertiary/aromatic N) is 3. The highest BCUT2D eigenvalue weighted by molar-refractivity contribution is 9.10. The van der Waals surface area contributed by atoms with E-state index < -0.39 is 18.7 Å². The van der Waals surface area contributed by atoms with Crippen molar-refractivity contribution in [1.29, 1.82) is 0 Å². The topological polar surface area (TPSA) is 104 Å². The number of thioether (sulfide) groups is 1. The monoisotopic (exact) mass is 500 g/mol. The Morgan fingerprint density at radius 2 is 2.10 bits per heavy atom. The van der Waals surface area contributed by atoms with E-state index in [9.17, 15) is 9.59 Å². The molecule has 0 aromatic heterocycles. The number of nitrogens with one attached hydrogen (secondary N) is 1. The summed E-state index contributed by atoms with van der Waals surface area (Å²) in [7, 11) is 0. The first-order valence-electron chi connectivity index (χ1n) is 9.21. The number of aliphatic carboxylic acids is 1. The van der Waals surface area contributed by atoms with Gasteiger partial charge in [-0.1, -0.05) is 45.9 Å². The molecule has 2 aliphatic rings. The number of carboxylic acid groups (broad SMARTS) is 1. The van der Waals surface area contributed by atoms with Gasteiger partial charge < -0.3 is 9.84 Å². The van der Waals surface area contributed by atoms with E-state index in [2.05, 4.69) is 32.9 Å². The van der Waals surface area contributed by atoms with E-state index in [1.54, 1.807) is 35.4 Å². The third kappa shape index (κ3) is 4.49. The second kappa shape index (κ2) is 8.94. The van der Waals surface area contributed by atoms with Crippen LogP contribution in [0.3, 0.4) is 0 Å². The van der Waals surface area contributed by atoms with Gasteiger partial charge in [0.05, 0.1) is 5.36 Å². The van der Waals surface area contributed by atoms with Gasteiger partial charge in [0.25, 0.3) is 5.91 Å². The van der Waals surface area contributed by atoms with Gasteiger partial charge in [-0.3, -0.25) is 15.1 Å². The Morgan fingerprint density at radius 1 is 1.32 bits per heavy atom. The summed E-state index contributed by atoms with van der Waals surface area (Å²) in [4.78, 5) is 28.5. The van der Waals surface area contributed by atoms with E-state index >= 15 is 0 Å². The molecule has 0 radical (unpaired) electrons. The lowest BCUT2D eigenvalue weighted by Crippen LogP contribution is -2.50. The number of amidine groups is 1. The molecule has 1 amide bonds. The van der Waals surface area contributed by atoms with E-state index in [-0.39, 0.29) is 5.91 Å². The predicted molar refractivity (Wildman–Crippen MR) is 121 cm³/mol. The Hall–Kier alpha value is -3.11. The summed E-state index contributed by atoms with van der Waals surface area (Å²) in [5, 5.41) is 19.7. The van der Waals surface area contributed by atoms with Crippen LogP contribution in [0.15, 0.2) is 69.7 Å². The fourth-order valence-corrected chi connectivity index (χ4v) is 4.10. The van der Waals surface area contributed by atoms with Gasteiger partial charge in [-0.2, -0.15) is 0 Å². The number of rotatable bonds is 6. The number of ether oxygens (including phenoxy) is 1. The van der Waals surface area contributed by atoms with E-state index in [1.165, 1.54) is 11.8 Å². The third-order valence-electron chi connectivity index (χ3n) is 4.45. The molecule has 4 rings (SSSR count). The predicted octanol–water partition coefficient (Wildman–Crippen LogP) is 1.97. The van der Waals surface area contributed by atoms with E-state index in [1.807, 2.05) is 18.2 Å². The van der Waals surface area contributed by atoms with Crippen LogP contribution in [0.25, 0.3) is 5.70 Å². The summed E-state index contributed by atoms with van der Waals surface area (Å²) in [5.74, 6) is -0.284. The first-order valence-corrected chi connectivity index (χ1v) is 11.0. The summed E-state index contributed by atoms with van der Waals surface area (Å²) >= 11 is 4.82. The van der Waals surface area contributed by atoms with Crippen LogP contribution in [-0.2, 0) is 9.59 Å². The molecule has 0 bridgehead atoms. The smallest absolute Gasteiger partial charge is 0.341 e. The number of halogens is 1. The van der Waals surface area contributed by atoms with Crippen molar-refractivity contribution in [2.45, 2.75) is 6.17 Å². The van der Waals surface area contributed by atoms with Gasteiger partial charge >= 0.3 is 5.97 Å². The first-order chi connectivity index (χ1) is 15.0. The minimum absolute atomic E-state index is 0.262. The number of benzene rings is 2. The molecule has 2 N–H and O–H groups in total. The number of carboxylic acids is 1. The number of hydrazone groups is 1. The minimum atomic E-state index is -1.05.